The first-order valence-electron chi connectivity index (χ1n) is 5.37. The first kappa shape index (κ1) is 10.2. The summed E-state index contributed by atoms with van der Waals surface area (Å²) in [5.74, 6) is 0. The Kier molecular flexibility index (Phi) is 3.07. The van der Waals surface area contributed by atoms with Crippen molar-refractivity contribution >= 4 is 10.9 Å². The van der Waals surface area contributed by atoms with Crippen LogP contribution in [0.1, 0.15) is 12.1 Å². The van der Waals surface area contributed by atoms with Crippen LogP contribution < -0.4 is 0 Å². The van der Waals surface area contributed by atoms with Crippen LogP contribution in [0.25, 0.3) is 10.9 Å². The minimum atomic E-state index is 0.825. The van der Waals surface area contributed by atoms with E-state index in [0.717, 1.165) is 19.6 Å². The number of aryl methyl sites for hydroxylation is 2. The number of fused-ring (bicyclic) bond motifs is 1. The zero-order valence-corrected chi connectivity index (χ0v) is 9.36. The first-order valence-corrected chi connectivity index (χ1v) is 5.37. The van der Waals surface area contributed by atoms with Crippen molar-refractivity contribution in [2.24, 2.45) is 0 Å². The van der Waals surface area contributed by atoms with Gasteiger partial charge in [-0.15, -0.1) is 0 Å². The second kappa shape index (κ2) is 4.49. The van der Waals surface area contributed by atoms with Crippen LogP contribution in [-0.4, -0.2) is 18.3 Å². The molecule has 1 aromatic carbocycles. The quantitative estimate of drug-likeness (QED) is 0.697. The number of hydrogen-bond donors (Lipinski definition) is 0. The molecule has 2 heteroatoms. The Balaban J connectivity index is 2.28. The maximum absolute atomic E-state index is 5.08. The predicted octanol–water partition coefficient (Wildman–Crippen LogP) is 2.99. The van der Waals surface area contributed by atoms with Crippen molar-refractivity contribution in [1.29, 1.82) is 0 Å². The van der Waals surface area contributed by atoms with Crippen molar-refractivity contribution in [3.8, 4) is 0 Å². The van der Waals surface area contributed by atoms with Crippen molar-refractivity contribution in [2.75, 3.05) is 13.7 Å². The summed E-state index contributed by atoms with van der Waals surface area (Å²) in [5, 5.41) is 1.33. The molecule has 0 bridgehead atoms. The summed E-state index contributed by atoms with van der Waals surface area (Å²) in [7, 11) is 1.75. The van der Waals surface area contributed by atoms with Crippen LogP contribution in [0.2, 0.25) is 0 Å². The van der Waals surface area contributed by atoms with E-state index in [1.165, 1.54) is 16.6 Å². The van der Waals surface area contributed by atoms with Gasteiger partial charge >= 0.3 is 0 Å². The number of para-hydroxylation sites is 1. The fraction of sp³-hybridized carbons (Fsp3) is 0.385. The molecule has 0 atom stereocenters. The van der Waals surface area contributed by atoms with E-state index in [1.807, 2.05) is 0 Å². The van der Waals surface area contributed by atoms with Gasteiger partial charge < -0.3 is 9.30 Å². The molecule has 15 heavy (non-hydrogen) atoms. The molecule has 1 aromatic heterocycles. The molecule has 0 aliphatic rings. The molecule has 0 saturated carbocycles. The third kappa shape index (κ3) is 2.05. The maximum Gasteiger partial charge on any atom is 0.0482 e. The molecule has 0 saturated heterocycles. The van der Waals surface area contributed by atoms with Crippen LogP contribution in [-0.2, 0) is 11.3 Å². The van der Waals surface area contributed by atoms with E-state index in [2.05, 4.69) is 41.8 Å². The Morgan fingerprint density at radius 1 is 1.27 bits per heavy atom. The Bertz CT molecular complexity index is 445. The molecule has 2 rings (SSSR count). The molecule has 0 amide bonds. The summed E-state index contributed by atoms with van der Waals surface area (Å²) in [5.41, 5.74) is 2.65. The largest absolute Gasteiger partial charge is 0.385 e. The number of nitrogens with zero attached hydrogens (tertiary/aromatic N) is 1. The summed E-state index contributed by atoms with van der Waals surface area (Å²) in [6.45, 7) is 4.02. The van der Waals surface area contributed by atoms with Crippen LogP contribution in [0.15, 0.2) is 30.3 Å². The zero-order valence-electron chi connectivity index (χ0n) is 9.36. The van der Waals surface area contributed by atoms with Gasteiger partial charge in [0.25, 0.3) is 0 Å². The van der Waals surface area contributed by atoms with E-state index in [1.54, 1.807) is 7.11 Å². The van der Waals surface area contributed by atoms with Crippen molar-refractivity contribution in [2.45, 2.75) is 19.9 Å². The SMILES string of the molecule is COCCCn1c(C)cc2ccccc21. The van der Waals surface area contributed by atoms with Gasteiger partial charge in [-0.05, 0) is 30.9 Å². The Morgan fingerprint density at radius 2 is 2.07 bits per heavy atom. The van der Waals surface area contributed by atoms with Crippen molar-refractivity contribution in [3.63, 3.8) is 0 Å². The van der Waals surface area contributed by atoms with E-state index in [-0.39, 0.29) is 0 Å². The second-order valence-corrected chi connectivity index (χ2v) is 3.84. The average molecular weight is 203 g/mol. The fourth-order valence-corrected chi connectivity index (χ4v) is 2.01. The highest BCUT2D eigenvalue weighted by molar-refractivity contribution is 5.81. The van der Waals surface area contributed by atoms with Gasteiger partial charge in [0.1, 0.15) is 0 Å². The predicted molar refractivity (Wildman–Crippen MR) is 63.2 cm³/mol. The first-order chi connectivity index (χ1) is 7.33. The number of benzene rings is 1. The average Bonchev–Trinajstić information content (AvgIpc) is 2.56. The van der Waals surface area contributed by atoms with Crippen molar-refractivity contribution in [1.82, 2.24) is 4.57 Å². The molecule has 0 aliphatic heterocycles. The number of aromatic nitrogens is 1. The summed E-state index contributed by atoms with van der Waals surface area (Å²) >= 11 is 0. The monoisotopic (exact) mass is 203 g/mol. The summed E-state index contributed by atoms with van der Waals surface area (Å²) < 4.78 is 7.43. The van der Waals surface area contributed by atoms with Gasteiger partial charge in [0.05, 0.1) is 0 Å². The van der Waals surface area contributed by atoms with E-state index < -0.39 is 0 Å². The van der Waals surface area contributed by atoms with E-state index >= 15 is 0 Å². The van der Waals surface area contributed by atoms with E-state index in [4.69, 9.17) is 4.74 Å². The second-order valence-electron chi connectivity index (χ2n) is 3.84. The third-order valence-electron chi connectivity index (χ3n) is 2.75. The number of ether oxygens (including phenoxy) is 1. The smallest absolute Gasteiger partial charge is 0.0482 e. The molecule has 2 aromatic rings. The number of hydrogen-bond acceptors (Lipinski definition) is 1. The Labute approximate surface area is 90.5 Å². The van der Waals surface area contributed by atoms with E-state index in [0.29, 0.717) is 0 Å². The number of rotatable bonds is 4. The lowest BCUT2D eigenvalue weighted by Gasteiger charge is -2.07. The molecular weight excluding hydrogens is 186 g/mol. The van der Waals surface area contributed by atoms with Gasteiger partial charge in [-0.3, -0.25) is 0 Å². The summed E-state index contributed by atoms with van der Waals surface area (Å²) in [4.78, 5) is 0. The molecule has 0 aliphatic carbocycles. The van der Waals surface area contributed by atoms with Gasteiger partial charge in [0.15, 0.2) is 0 Å². The highest BCUT2D eigenvalue weighted by atomic mass is 16.5. The molecule has 0 N–H and O–H groups in total. The molecule has 0 unspecified atom stereocenters. The van der Waals surface area contributed by atoms with Gasteiger partial charge in [0, 0.05) is 31.5 Å². The summed E-state index contributed by atoms with van der Waals surface area (Å²) in [6.07, 6.45) is 1.07. The van der Waals surface area contributed by atoms with E-state index in [9.17, 15) is 0 Å². The Hall–Kier alpha value is -1.28. The molecule has 2 nitrogen and oxygen atoms in total. The van der Waals surface area contributed by atoms with Crippen molar-refractivity contribution in [3.05, 3.63) is 36.0 Å². The minimum absolute atomic E-state index is 0.825. The third-order valence-corrected chi connectivity index (χ3v) is 2.75. The molecule has 0 spiro atoms. The van der Waals surface area contributed by atoms with Gasteiger partial charge in [0.2, 0.25) is 0 Å². The van der Waals surface area contributed by atoms with Crippen LogP contribution in [0.3, 0.4) is 0 Å². The Morgan fingerprint density at radius 3 is 2.87 bits per heavy atom. The lowest BCUT2D eigenvalue weighted by molar-refractivity contribution is 0.190. The van der Waals surface area contributed by atoms with Crippen molar-refractivity contribution < 1.29 is 4.74 Å². The molecule has 0 fully saturated rings. The van der Waals surface area contributed by atoms with Crippen LogP contribution in [0, 0.1) is 6.92 Å². The van der Waals surface area contributed by atoms with Crippen LogP contribution >= 0.6 is 0 Å². The van der Waals surface area contributed by atoms with Gasteiger partial charge in [-0.1, -0.05) is 18.2 Å². The highest BCUT2D eigenvalue weighted by Crippen LogP contribution is 2.19. The lowest BCUT2D eigenvalue weighted by Crippen LogP contribution is -2.02. The van der Waals surface area contributed by atoms with Gasteiger partial charge in [-0.2, -0.15) is 0 Å². The minimum Gasteiger partial charge on any atom is -0.385 e. The standard InChI is InChI=1S/C13H17NO/c1-11-10-12-6-3-4-7-13(12)14(11)8-5-9-15-2/h3-4,6-7,10H,5,8-9H2,1-2H3. The molecule has 1 heterocycles. The highest BCUT2D eigenvalue weighted by Gasteiger charge is 2.03. The normalized spacial score (nSPS) is 11.1. The lowest BCUT2D eigenvalue weighted by atomic mass is 10.2. The zero-order chi connectivity index (χ0) is 10.7. The fourth-order valence-electron chi connectivity index (χ4n) is 2.01. The van der Waals surface area contributed by atoms with Crippen LogP contribution in [0.5, 0.6) is 0 Å². The maximum atomic E-state index is 5.08. The molecule has 0 radical (unpaired) electrons. The van der Waals surface area contributed by atoms with Crippen LogP contribution in [0.4, 0.5) is 0 Å². The summed E-state index contributed by atoms with van der Waals surface area (Å²) in [6, 6.07) is 10.8. The molecular formula is C13H17NO. The topological polar surface area (TPSA) is 14.2 Å². The molecule has 80 valence electrons. The number of methoxy groups -OCH3 is 1. The van der Waals surface area contributed by atoms with Gasteiger partial charge in [-0.25, -0.2) is 0 Å².